The maximum Gasteiger partial charge on any atom is 0.431 e. The molecule has 1 heterocycles. The monoisotopic (exact) mass is 448 g/mol. The Labute approximate surface area is 172 Å². The van der Waals surface area contributed by atoms with Crippen LogP contribution in [0.1, 0.15) is 12.6 Å². The zero-order chi connectivity index (χ0) is 22.6. The number of rotatable bonds is 7. The van der Waals surface area contributed by atoms with Gasteiger partial charge in [0.2, 0.25) is 0 Å². The van der Waals surface area contributed by atoms with E-state index < -0.39 is 29.1 Å². The molecule has 0 aliphatic heterocycles. The lowest BCUT2D eigenvalue weighted by Crippen LogP contribution is -2.40. The number of carbonyl (C=O) groups is 1. The number of ether oxygens (including phenoxy) is 2. The minimum atomic E-state index is -4.88. The second-order valence-electron chi connectivity index (χ2n) is 5.83. The molecule has 1 N–H and O–H groups in total. The molecule has 0 amide bonds. The van der Waals surface area contributed by atoms with E-state index in [9.17, 15) is 27.6 Å². The molecule has 0 radical (unpaired) electrons. The quantitative estimate of drug-likeness (QED) is 0.516. The second kappa shape index (κ2) is 9.08. The number of carboxylic acids is 1. The predicted octanol–water partition coefficient (Wildman–Crippen LogP) is 2.59. The first-order valence-corrected chi connectivity index (χ1v) is 8.72. The molecular formula is C18H16ClF3N2O6. The number of aromatic nitrogens is 2. The lowest BCUT2D eigenvalue weighted by atomic mass is 10.3. The first-order chi connectivity index (χ1) is 14.0. The lowest BCUT2D eigenvalue weighted by Gasteiger charge is -2.15. The van der Waals surface area contributed by atoms with E-state index in [1.807, 2.05) is 0 Å². The molecule has 1 aromatic heterocycles. The summed E-state index contributed by atoms with van der Waals surface area (Å²) in [6, 6.07) is 4.00. The third kappa shape index (κ3) is 5.23. The van der Waals surface area contributed by atoms with E-state index >= 15 is 0 Å². The van der Waals surface area contributed by atoms with Gasteiger partial charge >= 0.3 is 17.8 Å². The lowest BCUT2D eigenvalue weighted by molar-refractivity contribution is -0.144. The first kappa shape index (κ1) is 23.1. The Morgan fingerprint density at radius 3 is 2.50 bits per heavy atom. The fourth-order valence-corrected chi connectivity index (χ4v) is 2.65. The van der Waals surface area contributed by atoms with E-state index in [-0.39, 0.29) is 35.4 Å². The molecule has 0 unspecified atom stereocenters. The van der Waals surface area contributed by atoms with Gasteiger partial charge in [-0.25, -0.2) is 14.2 Å². The number of aliphatic carboxylic acids is 1. The Hall–Kier alpha value is -3.21. The van der Waals surface area contributed by atoms with Gasteiger partial charge in [0.05, 0.1) is 23.4 Å². The Morgan fingerprint density at radius 1 is 1.27 bits per heavy atom. The van der Waals surface area contributed by atoms with Crippen molar-refractivity contribution in [3.63, 3.8) is 0 Å². The van der Waals surface area contributed by atoms with Crippen molar-refractivity contribution in [2.75, 3.05) is 13.2 Å². The zero-order valence-electron chi connectivity index (χ0n) is 15.7. The van der Waals surface area contributed by atoms with Crippen molar-refractivity contribution in [3.8, 4) is 11.4 Å². The number of hydrogen-bond donors (Lipinski definition) is 1. The van der Waals surface area contributed by atoms with Crippen LogP contribution in [0.25, 0.3) is 5.69 Å². The van der Waals surface area contributed by atoms with Crippen LogP contribution in [0.15, 0.2) is 45.7 Å². The smallest absolute Gasteiger partial charge is 0.431 e. The number of alkyl halides is 3. The van der Waals surface area contributed by atoms with E-state index in [0.717, 1.165) is 13.1 Å². The first-order valence-electron chi connectivity index (χ1n) is 8.35. The average Bonchev–Trinajstić information content (AvgIpc) is 2.63. The van der Waals surface area contributed by atoms with Crippen LogP contribution in [0.5, 0.6) is 5.75 Å². The zero-order valence-corrected chi connectivity index (χ0v) is 16.5. The van der Waals surface area contributed by atoms with Crippen LogP contribution in [-0.4, -0.2) is 33.4 Å². The van der Waals surface area contributed by atoms with Gasteiger partial charge in [-0.3, -0.25) is 9.36 Å². The molecule has 2 rings (SSSR count). The highest BCUT2D eigenvalue weighted by Crippen LogP contribution is 2.28. The van der Waals surface area contributed by atoms with Crippen molar-refractivity contribution < 1.29 is 32.5 Å². The number of benzene rings is 1. The fourth-order valence-electron chi connectivity index (χ4n) is 2.47. The van der Waals surface area contributed by atoms with Crippen molar-refractivity contribution in [3.05, 3.63) is 67.7 Å². The van der Waals surface area contributed by atoms with Crippen molar-refractivity contribution >= 4 is 17.6 Å². The highest BCUT2D eigenvalue weighted by atomic mass is 35.5. The molecule has 12 heteroatoms. The number of carboxylic acid groups (broad SMARTS) is 1. The van der Waals surface area contributed by atoms with Gasteiger partial charge in [0, 0.05) is 19.2 Å². The Bertz CT molecular complexity index is 1100. The molecular weight excluding hydrogens is 433 g/mol. The van der Waals surface area contributed by atoms with Crippen molar-refractivity contribution in [2.24, 2.45) is 7.05 Å². The molecule has 0 spiro atoms. The van der Waals surface area contributed by atoms with E-state index in [0.29, 0.717) is 15.2 Å². The van der Waals surface area contributed by atoms with Crippen molar-refractivity contribution in [1.29, 1.82) is 0 Å². The van der Waals surface area contributed by atoms with E-state index in [1.54, 1.807) is 6.92 Å². The van der Waals surface area contributed by atoms with Crippen LogP contribution in [0.4, 0.5) is 13.2 Å². The summed E-state index contributed by atoms with van der Waals surface area (Å²) in [7, 11) is 0.888. The SMILES string of the molecule is CCO/C(=C\C(=O)O)COc1cc(-n2c(=O)cc(C(F)(F)F)n(C)c2=O)ccc1Cl. The largest absolute Gasteiger partial charge is 0.494 e. The van der Waals surface area contributed by atoms with Gasteiger partial charge in [0.15, 0.2) is 0 Å². The van der Waals surface area contributed by atoms with Crippen LogP contribution >= 0.6 is 11.6 Å². The molecule has 2 aromatic rings. The normalized spacial score (nSPS) is 12.0. The molecule has 1 aromatic carbocycles. The van der Waals surface area contributed by atoms with Crippen LogP contribution in [0.2, 0.25) is 5.02 Å². The maximum atomic E-state index is 13.0. The highest BCUT2D eigenvalue weighted by molar-refractivity contribution is 6.32. The number of halogens is 4. The standard InChI is InChI=1S/C18H16ClF3N2O6/c1-3-29-11(7-16(26)27)9-30-13-6-10(4-5-12(13)19)24-15(25)8-14(18(20,21)22)23(2)17(24)28/h4-8H,3,9H2,1-2H3,(H,26,27)/b11-7-. The van der Waals surface area contributed by atoms with Gasteiger partial charge in [-0.1, -0.05) is 11.6 Å². The van der Waals surface area contributed by atoms with Crippen molar-refractivity contribution in [1.82, 2.24) is 9.13 Å². The molecule has 0 bridgehead atoms. The van der Waals surface area contributed by atoms with Crippen LogP contribution < -0.4 is 16.0 Å². The number of nitrogens with zero attached hydrogens (tertiary/aromatic N) is 2. The summed E-state index contributed by atoms with van der Waals surface area (Å²) >= 11 is 6.02. The van der Waals surface area contributed by atoms with Gasteiger partial charge in [-0.15, -0.1) is 0 Å². The average molecular weight is 449 g/mol. The molecule has 162 valence electrons. The molecule has 0 fully saturated rings. The molecule has 8 nitrogen and oxygen atoms in total. The second-order valence-corrected chi connectivity index (χ2v) is 6.24. The maximum absolute atomic E-state index is 13.0. The summed E-state index contributed by atoms with van der Waals surface area (Å²) < 4.78 is 50.3. The van der Waals surface area contributed by atoms with E-state index in [4.69, 9.17) is 26.2 Å². The minimum absolute atomic E-state index is 0.0194. The van der Waals surface area contributed by atoms with Crippen LogP contribution in [-0.2, 0) is 22.8 Å². The van der Waals surface area contributed by atoms with Gasteiger partial charge in [-0.2, -0.15) is 13.2 Å². The van der Waals surface area contributed by atoms with Gasteiger partial charge in [0.25, 0.3) is 5.56 Å². The third-order valence-electron chi connectivity index (χ3n) is 3.77. The summed E-state index contributed by atoms with van der Waals surface area (Å²) in [5.41, 5.74) is -3.89. The summed E-state index contributed by atoms with van der Waals surface area (Å²) in [5.74, 6) is -1.32. The van der Waals surface area contributed by atoms with Crippen LogP contribution in [0, 0.1) is 0 Å². The Kier molecular flexibility index (Phi) is 6.98. The van der Waals surface area contributed by atoms with Gasteiger partial charge in [0.1, 0.15) is 23.8 Å². The minimum Gasteiger partial charge on any atom is -0.494 e. The predicted molar refractivity (Wildman–Crippen MR) is 100 cm³/mol. The Balaban J connectivity index is 2.47. The van der Waals surface area contributed by atoms with Crippen molar-refractivity contribution in [2.45, 2.75) is 13.1 Å². The van der Waals surface area contributed by atoms with E-state index in [2.05, 4.69) is 0 Å². The van der Waals surface area contributed by atoms with E-state index in [1.165, 1.54) is 18.2 Å². The third-order valence-corrected chi connectivity index (χ3v) is 4.08. The number of hydrogen-bond acceptors (Lipinski definition) is 5. The molecule has 0 saturated carbocycles. The van der Waals surface area contributed by atoms with Crippen LogP contribution in [0.3, 0.4) is 0 Å². The summed E-state index contributed by atoms with van der Waals surface area (Å²) in [4.78, 5) is 35.4. The molecule has 30 heavy (non-hydrogen) atoms. The van der Waals surface area contributed by atoms with Gasteiger partial charge in [-0.05, 0) is 19.1 Å². The fraction of sp³-hybridized carbons (Fsp3) is 0.278. The molecule has 0 saturated heterocycles. The van der Waals surface area contributed by atoms with Gasteiger partial charge < -0.3 is 14.6 Å². The highest BCUT2D eigenvalue weighted by Gasteiger charge is 2.35. The summed E-state index contributed by atoms with van der Waals surface area (Å²) in [6.07, 6.45) is -4.09. The summed E-state index contributed by atoms with van der Waals surface area (Å²) in [6.45, 7) is 1.48. The Morgan fingerprint density at radius 2 is 1.93 bits per heavy atom. The molecule has 0 aliphatic rings. The molecule has 0 aliphatic carbocycles. The molecule has 0 atom stereocenters. The topological polar surface area (TPSA) is 99.8 Å². The summed E-state index contributed by atoms with van der Waals surface area (Å²) in [5, 5.41) is 8.89.